The molecule has 0 spiro atoms. The number of rotatable bonds is 17. The molecule has 50 heavy (non-hydrogen) atoms. The van der Waals surface area contributed by atoms with Gasteiger partial charge in [0.25, 0.3) is 0 Å². The van der Waals surface area contributed by atoms with Crippen LogP contribution in [-0.4, -0.2) is 67.3 Å². The predicted molar refractivity (Wildman–Crippen MR) is 209 cm³/mol. The summed E-state index contributed by atoms with van der Waals surface area (Å²) in [7, 11) is -3.44. The first-order chi connectivity index (χ1) is 23.5. The quantitative estimate of drug-likeness (QED) is 0.0509. The van der Waals surface area contributed by atoms with Crippen molar-refractivity contribution in [2.24, 2.45) is 35.0 Å². The van der Waals surface area contributed by atoms with Gasteiger partial charge in [-0.15, -0.1) is 0 Å². The molecule has 3 fully saturated rings. The molecule has 0 saturated carbocycles. The van der Waals surface area contributed by atoms with Crippen molar-refractivity contribution in [1.82, 2.24) is 0 Å². The van der Waals surface area contributed by atoms with Gasteiger partial charge in [0.1, 0.15) is 5.60 Å². The van der Waals surface area contributed by atoms with Gasteiger partial charge < -0.3 is 18.9 Å². The number of hydrogen-bond acceptors (Lipinski definition) is 7. The van der Waals surface area contributed by atoms with Crippen molar-refractivity contribution >= 4 is 38.4 Å². The molecule has 4 rings (SSSR count). The van der Waals surface area contributed by atoms with E-state index in [4.69, 9.17) is 18.9 Å². The maximum atomic E-state index is 13.6. The second-order valence-electron chi connectivity index (χ2n) is 16.9. The van der Waals surface area contributed by atoms with Gasteiger partial charge in [-0.05, 0) is 102 Å². The SMILES string of the molecule is C=C([C@H](C)CC1O[C@H](C[C@H](C)CC)[C@H](C)[C@H]1CS(=O)(=O)c1ccccc1)[C@H](C)C[C@H]1CC[C@@H]2O[C@@H](CCCOC(=O)C(C)(C)C)C[C@]2(CI)O1. The molecule has 9 heteroatoms. The average Bonchev–Trinajstić information content (AvgIpc) is 3.58. The fraction of sp³-hybridized carbons (Fsp3) is 0.780. The highest BCUT2D eigenvalue weighted by molar-refractivity contribution is 14.1. The van der Waals surface area contributed by atoms with Crippen molar-refractivity contribution < 1.29 is 32.2 Å². The van der Waals surface area contributed by atoms with E-state index in [1.54, 1.807) is 24.3 Å². The summed E-state index contributed by atoms with van der Waals surface area (Å²) in [5.74, 6) is 1.01. The van der Waals surface area contributed by atoms with Crippen LogP contribution < -0.4 is 0 Å². The third-order valence-electron chi connectivity index (χ3n) is 11.8. The lowest BCUT2D eigenvalue weighted by atomic mass is 9.79. The van der Waals surface area contributed by atoms with E-state index in [0.29, 0.717) is 17.4 Å². The standard InChI is InChI=1S/C41H65IO7S/c1-10-27(2)21-36-31(6)35(25-50(44,45)34-16-12-11-13-17-34)37(48-36)23-29(4)30(5)28(3)22-32-18-19-38-41(26-42,49-32)24-33(47-38)15-14-20-46-39(43)40(7,8)9/h11-13,16-17,27-29,31-33,35-38H,5,10,14-15,18-26H2,1-4,6-9H3/t27-,28-,29-,31-,32-,33+,35-,36-,37?,38+,41-/m1/s1. The minimum atomic E-state index is -3.44. The number of allylic oxidation sites excluding steroid dienone is 1. The van der Waals surface area contributed by atoms with Gasteiger partial charge >= 0.3 is 5.97 Å². The van der Waals surface area contributed by atoms with Crippen LogP contribution in [0.1, 0.15) is 113 Å². The molecule has 284 valence electrons. The number of ether oxygens (including phenoxy) is 4. The number of hydrogen-bond donors (Lipinski definition) is 0. The summed E-state index contributed by atoms with van der Waals surface area (Å²) >= 11 is 2.46. The highest BCUT2D eigenvalue weighted by Crippen LogP contribution is 2.46. The molecular formula is C41H65IO7S. The van der Waals surface area contributed by atoms with E-state index >= 15 is 0 Å². The molecule has 1 aromatic carbocycles. The summed E-state index contributed by atoms with van der Waals surface area (Å²) in [5, 5.41) is 0. The van der Waals surface area contributed by atoms with Crippen molar-refractivity contribution in [1.29, 1.82) is 0 Å². The molecular weight excluding hydrogens is 763 g/mol. The third kappa shape index (κ3) is 10.6. The average molecular weight is 829 g/mol. The smallest absolute Gasteiger partial charge is 0.311 e. The lowest BCUT2D eigenvalue weighted by Crippen LogP contribution is -2.50. The molecule has 0 radical (unpaired) electrons. The molecule has 3 aliphatic heterocycles. The monoisotopic (exact) mass is 828 g/mol. The van der Waals surface area contributed by atoms with E-state index in [0.717, 1.165) is 62.2 Å². The summed E-state index contributed by atoms with van der Waals surface area (Å²) in [4.78, 5) is 12.5. The van der Waals surface area contributed by atoms with Crippen LogP contribution in [-0.2, 0) is 33.6 Å². The topological polar surface area (TPSA) is 88.1 Å². The van der Waals surface area contributed by atoms with E-state index in [1.807, 2.05) is 26.8 Å². The second-order valence-corrected chi connectivity index (χ2v) is 19.7. The Balaban J connectivity index is 1.34. The Morgan fingerprint density at radius 1 is 1.02 bits per heavy atom. The molecule has 0 bridgehead atoms. The molecule has 1 unspecified atom stereocenters. The maximum Gasteiger partial charge on any atom is 0.311 e. The molecule has 11 atom stereocenters. The Morgan fingerprint density at radius 2 is 1.70 bits per heavy atom. The van der Waals surface area contributed by atoms with Crippen molar-refractivity contribution in [3.05, 3.63) is 42.5 Å². The number of esters is 1. The Hall–Kier alpha value is -1.01. The molecule has 1 aromatic rings. The number of carbonyl (C=O) groups excluding carboxylic acids is 1. The molecule has 7 nitrogen and oxygen atoms in total. The van der Waals surface area contributed by atoms with Gasteiger partial charge in [-0.2, -0.15) is 0 Å². The Kier molecular flexibility index (Phi) is 14.9. The fourth-order valence-corrected chi connectivity index (χ4v) is 11.0. The maximum absolute atomic E-state index is 13.6. The van der Waals surface area contributed by atoms with Crippen molar-refractivity contribution in [3.8, 4) is 0 Å². The minimum absolute atomic E-state index is 0.0628. The number of alkyl halides is 1. The first-order valence-electron chi connectivity index (χ1n) is 19.2. The third-order valence-corrected chi connectivity index (χ3v) is 14.9. The van der Waals surface area contributed by atoms with Crippen LogP contribution in [0.15, 0.2) is 47.4 Å². The van der Waals surface area contributed by atoms with E-state index in [-0.39, 0.29) is 71.5 Å². The highest BCUT2D eigenvalue weighted by Gasteiger charge is 2.52. The second kappa shape index (κ2) is 17.9. The van der Waals surface area contributed by atoms with Gasteiger partial charge in [0.05, 0.1) is 53.2 Å². The molecule has 0 N–H and O–H groups in total. The van der Waals surface area contributed by atoms with E-state index in [9.17, 15) is 13.2 Å². The normalized spacial score (nSPS) is 31.9. The van der Waals surface area contributed by atoms with Crippen LogP contribution in [0, 0.1) is 35.0 Å². The van der Waals surface area contributed by atoms with Crippen LogP contribution in [0.4, 0.5) is 0 Å². The zero-order valence-electron chi connectivity index (χ0n) is 32.0. The lowest BCUT2D eigenvalue weighted by molar-refractivity contribution is -0.156. The van der Waals surface area contributed by atoms with Gasteiger partial charge in [-0.3, -0.25) is 4.79 Å². The highest BCUT2D eigenvalue weighted by atomic mass is 127. The number of sulfone groups is 1. The van der Waals surface area contributed by atoms with Crippen LogP contribution in [0.3, 0.4) is 0 Å². The fourth-order valence-electron chi connectivity index (χ4n) is 8.20. The largest absolute Gasteiger partial charge is 0.465 e. The van der Waals surface area contributed by atoms with Gasteiger partial charge in [-0.25, -0.2) is 8.42 Å². The molecule has 0 amide bonds. The number of carbonyl (C=O) groups is 1. The van der Waals surface area contributed by atoms with Crippen molar-refractivity contribution in [3.63, 3.8) is 0 Å². The first-order valence-corrected chi connectivity index (χ1v) is 22.4. The van der Waals surface area contributed by atoms with E-state index in [1.165, 1.54) is 5.57 Å². The summed E-state index contributed by atoms with van der Waals surface area (Å²) in [6.07, 6.45) is 8.48. The van der Waals surface area contributed by atoms with E-state index < -0.39 is 15.3 Å². The van der Waals surface area contributed by atoms with Crippen molar-refractivity contribution in [2.75, 3.05) is 16.8 Å². The van der Waals surface area contributed by atoms with Gasteiger partial charge in [0.15, 0.2) is 9.84 Å². The first kappa shape index (κ1) is 41.7. The van der Waals surface area contributed by atoms with Crippen LogP contribution in [0.25, 0.3) is 0 Å². The van der Waals surface area contributed by atoms with Crippen LogP contribution in [0.2, 0.25) is 0 Å². The zero-order chi connectivity index (χ0) is 36.9. The Morgan fingerprint density at radius 3 is 2.34 bits per heavy atom. The van der Waals surface area contributed by atoms with E-state index in [2.05, 4.69) is 63.8 Å². The lowest BCUT2D eigenvalue weighted by Gasteiger charge is -2.42. The number of fused-ring (bicyclic) bond motifs is 1. The Bertz CT molecular complexity index is 1360. The van der Waals surface area contributed by atoms with Crippen LogP contribution in [0.5, 0.6) is 0 Å². The predicted octanol–water partition coefficient (Wildman–Crippen LogP) is 9.40. The van der Waals surface area contributed by atoms with Gasteiger partial charge in [0.2, 0.25) is 0 Å². The van der Waals surface area contributed by atoms with Gasteiger partial charge in [0, 0.05) is 16.8 Å². The van der Waals surface area contributed by atoms with Gasteiger partial charge in [-0.1, -0.05) is 94.0 Å². The molecule has 3 aliphatic rings. The number of benzene rings is 1. The molecule has 3 heterocycles. The van der Waals surface area contributed by atoms with Crippen molar-refractivity contribution in [2.45, 2.75) is 154 Å². The summed E-state index contributed by atoms with van der Waals surface area (Å²) in [5.41, 5.74) is 0.426. The summed E-state index contributed by atoms with van der Waals surface area (Å²) < 4.78 is 53.7. The summed E-state index contributed by atoms with van der Waals surface area (Å²) in [6.45, 7) is 21.8. The zero-order valence-corrected chi connectivity index (χ0v) is 35.0. The summed E-state index contributed by atoms with van der Waals surface area (Å²) in [6, 6.07) is 8.86. The molecule has 0 aliphatic carbocycles. The van der Waals surface area contributed by atoms with Crippen LogP contribution >= 0.6 is 22.6 Å². The Labute approximate surface area is 317 Å². The number of halogens is 1. The molecule has 3 saturated heterocycles. The minimum Gasteiger partial charge on any atom is -0.465 e. The molecule has 0 aromatic heterocycles.